The third-order valence-electron chi connectivity index (χ3n) is 3.19. The summed E-state index contributed by atoms with van der Waals surface area (Å²) in [5, 5.41) is 0. The van der Waals surface area contributed by atoms with E-state index in [9.17, 15) is 0 Å². The van der Waals surface area contributed by atoms with Crippen LogP contribution in [0.15, 0.2) is 0 Å². The lowest BCUT2D eigenvalue weighted by Crippen LogP contribution is -2.19. The molecule has 1 aromatic rings. The highest BCUT2D eigenvalue weighted by molar-refractivity contribution is 5.33. The van der Waals surface area contributed by atoms with Crippen LogP contribution < -0.4 is 15.4 Å². The zero-order valence-electron chi connectivity index (χ0n) is 11.1. The highest BCUT2D eigenvalue weighted by atomic mass is 16.5. The lowest BCUT2D eigenvalue weighted by Gasteiger charge is -2.21. The van der Waals surface area contributed by atoms with E-state index < -0.39 is 0 Å². The van der Waals surface area contributed by atoms with Gasteiger partial charge in [-0.1, -0.05) is 19.3 Å². The zero-order chi connectivity index (χ0) is 13.0. The normalized spacial score (nSPS) is 16.6. The average molecular weight is 251 g/mol. The fraction of sp³-hybridized carbons (Fsp3) is 0.750. The maximum atomic E-state index is 5.65. The van der Waals surface area contributed by atoms with E-state index in [4.69, 9.17) is 10.5 Å². The van der Waals surface area contributed by atoms with Crippen LogP contribution in [0.4, 0.5) is 11.9 Å². The molecule has 0 atom stereocenters. The molecular formula is C12H21N5O. The highest BCUT2D eigenvalue weighted by Crippen LogP contribution is 2.24. The first kappa shape index (κ1) is 12.9. The van der Waals surface area contributed by atoms with Crippen molar-refractivity contribution in [3.63, 3.8) is 0 Å². The number of aromatic nitrogens is 3. The summed E-state index contributed by atoms with van der Waals surface area (Å²) in [5.74, 6) is 1.35. The third-order valence-corrected chi connectivity index (χ3v) is 3.19. The van der Waals surface area contributed by atoms with Gasteiger partial charge < -0.3 is 15.4 Å². The van der Waals surface area contributed by atoms with Gasteiger partial charge in [0.25, 0.3) is 0 Å². The summed E-state index contributed by atoms with van der Waals surface area (Å²) in [6.07, 6.45) is 6.43. The minimum absolute atomic E-state index is 0.201. The standard InChI is InChI=1S/C12H21N5O/c1-17(2)11-14-10(13)15-12(16-11)18-8-9-6-4-3-5-7-9/h9H,3-8H2,1-2H3,(H2,13,14,15,16). The average Bonchev–Trinajstić information content (AvgIpc) is 2.37. The van der Waals surface area contributed by atoms with Crippen LogP contribution in [0.25, 0.3) is 0 Å². The van der Waals surface area contributed by atoms with Crippen molar-refractivity contribution in [3.8, 4) is 6.01 Å². The van der Waals surface area contributed by atoms with Gasteiger partial charge >= 0.3 is 6.01 Å². The quantitative estimate of drug-likeness (QED) is 0.873. The molecule has 0 aromatic carbocycles. The predicted molar refractivity (Wildman–Crippen MR) is 70.6 cm³/mol. The Hall–Kier alpha value is -1.59. The van der Waals surface area contributed by atoms with Gasteiger partial charge in [0, 0.05) is 14.1 Å². The summed E-state index contributed by atoms with van der Waals surface area (Å²) in [5.41, 5.74) is 5.64. The van der Waals surface area contributed by atoms with Crippen molar-refractivity contribution in [2.75, 3.05) is 31.3 Å². The van der Waals surface area contributed by atoms with E-state index in [1.165, 1.54) is 32.1 Å². The van der Waals surface area contributed by atoms with E-state index in [0.29, 0.717) is 24.5 Å². The molecule has 0 amide bonds. The van der Waals surface area contributed by atoms with Gasteiger partial charge in [-0.05, 0) is 18.8 Å². The van der Waals surface area contributed by atoms with Crippen LogP contribution in [-0.2, 0) is 0 Å². The Balaban J connectivity index is 1.95. The minimum Gasteiger partial charge on any atom is -0.463 e. The van der Waals surface area contributed by atoms with Crippen LogP contribution in [-0.4, -0.2) is 35.7 Å². The summed E-state index contributed by atoms with van der Waals surface area (Å²) in [6.45, 7) is 0.677. The largest absolute Gasteiger partial charge is 0.463 e. The number of hydrogen-bond donors (Lipinski definition) is 1. The topological polar surface area (TPSA) is 77.2 Å². The predicted octanol–water partition coefficient (Wildman–Crippen LogP) is 1.48. The Morgan fingerprint density at radius 2 is 1.89 bits per heavy atom. The van der Waals surface area contributed by atoms with E-state index in [-0.39, 0.29) is 5.95 Å². The molecule has 0 spiro atoms. The number of hydrogen-bond acceptors (Lipinski definition) is 6. The third kappa shape index (κ3) is 3.45. The van der Waals surface area contributed by atoms with Crippen LogP contribution in [0.2, 0.25) is 0 Å². The fourth-order valence-electron chi connectivity index (χ4n) is 2.17. The van der Waals surface area contributed by atoms with Gasteiger partial charge in [-0.15, -0.1) is 0 Å². The molecule has 0 bridgehead atoms. The molecule has 1 aliphatic carbocycles. The first-order valence-electron chi connectivity index (χ1n) is 6.47. The SMILES string of the molecule is CN(C)c1nc(N)nc(OCC2CCCCC2)n1. The minimum atomic E-state index is 0.201. The van der Waals surface area contributed by atoms with Crippen molar-refractivity contribution < 1.29 is 4.74 Å². The fourth-order valence-corrected chi connectivity index (χ4v) is 2.17. The molecule has 18 heavy (non-hydrogen) atoms. The lowest BCUT2D eigenvalue weighted by atomic mass is 9.90. The van der Waals surface area contributed by atoms with Gasteiger partial charge in [0.15, 0.2) is 0 Å². The zero-order valence-corrected chi connectivity index (χ0v) is 11.1. The van der Waals surface area contributed by atoms with Crippen LogP contribution in [0.1, 0.15) is 32.1 Å². The number of ether oxygens (including phenoxy) is 1. The molecule has 0 radical (unpaired) electrons. The van der Waals surface area contributed by atoms with Gasteiger partial charge in [0.1, 0.15) is 0 Å². The van der Waals surface area contributed by atoms with Crippen LogP contribution in [0, 0.1) is 5.92 Å². The van der Waals surface area contributed by atoms with E-state index >= 15 is 0 Å². The second-order valence-electron chi connectivity index (χ2n) is 4.99. The first-order chi connectivity index (χ1) is 8.65. The van der Waals surface area contributed by atoms with Crippen molar-refractivity contribution in [2.24, 2.45) is 5.92 Å². The summed E-state index contributed by atoms with van der Waals surface area (Å²) in [7, 11) is 3.72. The number of nitrogens with two attached hydrogens (primary N) is 1. The molecule has 0 saturated heterocycles. The van der Waals surface area contributed by atoms with Crippen molar-refractivity contribution in [1.29, 1.82) is 0 Å². The van der Waals surface area contributed by atoms with Gasteiger partial charge in [0.05, 0.1) is 6.61 Å². The van der Waals surface area contributed by atoms with Crippen molar-refractivity contribution in [1.82, 2.24) is 15.0 Å². The second-order valence-corrected chi connectivity index (χ2v) is 4.99. The monoisotopic (exact) mass is 251 g/mol. The second kappa shape index (κ2) is 5.84. The highest BCUT2D eigenvalue weighted by Gasteiger charge is 2.15. The number of nitrogens with zero attached hydrogens (tertiary/aromatic N) is 4. The van der Waals surface area contributed by atoms with E-state index in [0.717, 1.165) is 0 Å². The molecule has 1 heterocycles. The van der Waals surface area contributed by atoms with Crippen LogP contribution >= 0.6 is 0 Å². The molecule has 0 unspecified atom stereocenters. The van der Waals surface area contributed by atoms with Gasteiger partial charge in [0.2, 0.25) is 11.9 Å². The summed E-state index contributed by atoms with van der Waals surface area (Å²) >= 11 is 0. The van der Waals surface area contributed by atoms with E-state index in [1.54, 1.807) is 4.90 Å². The summed E-state index contributed by atoms with van der Waals surface area (Å²) in [6, 6.07) is 0.330. The summed E-state index contributed by atoms with van der Waals surface area (Å²) < 4.78 is 5.65. The van der Waals surface area contributed by atoms with Gasteiger partial charge in [-0.25, -0.2) is 0 Å². The molecule has 6 nitrogen and oxygen atoms in total. The molecule has 0 aliphatic heterocycles. The Morgan fingerprint density at radius 3 is 2.56 bits per heavy atom. The molecule has 1 aromatic heterocycles. The Labute approximate surface area is 108 Å². The van der Waals surface area contributed by atoms with E-state index in [1.807, 2.05) is 14.1 Å². The number of anilines is 2. The van der Waals surface area contributed by atoms with Crippen molar-refractivity contribution in [3.05, 3.63) is 0 Å². The van der Waals surface area contributed by atoms with Gasteiger partial charge in [-0.3, -0.25) is 0 Å². The van der Waals surface area contributed by atoms with Crippen LogP contribution in [0.3, 0.4) is 0 Å². The molecule has 100 valence electrons. The lowest BCUT2D eigenvalue weighted by molar-refractivity contribution is 0.196. The van der Waals surface area contributed by atoms with Gasteiger partial charge in [-0.2, -0.15) is 15.0 Å². The summed E-state index contributed by atoms with van der Waals surface area (Å²) in [4.78, 5) is 14.0. The Bertz CT molecular complexity index is 390. The van der Waals surface area contributed by atoms with Crippen molar-refractivity contribution in [2.45, 2.75) is 32.1 Å². The Kier molecular flexibility index (Phi) is 4.17. The molecule has 1 saturated carbocycles. The Morgan fingerprint density at radius 1 is 1.17 bits per heavy atom. The maximum Gasteiger partial charge on any atom is 0.323 e. The molecule has 2 rings (SSSR count). The van der Waals surface area contributed by atoms with Crippen LogP contribution in [0.5, 0.6) is 6.01 Å². The first-order valence-corrected chi connectivity index (χ1v) is 6.47. The maximum absolute atomic E-state index is 5.65. The number of nitrogen functional groups attached to an aromatic ring is 1. The molecular weight excluding hydrogens is 230 g/mol. The van der Waals surface area contributed by atoms with E-state index in [2.05, 4.69) is 15.0 Å². The van der Waals surface area contributed by atoms with Crippen molar-refractivity contribution >= 4 is 11.9 Å². The smallest absolute Gasteiger partial charge is 0.323 e. The molecule has 1 aliphatic rings. The molecule has 6 heteroatoms. The molecule has 1 fully saturated rings. The number of rotatable bonds is 4. The molecule has 2 N–H and O–H groups in total.